The van der Waals surface area contributed by atoms with Crippen LogP contribution in [0.25, 0.3) is 22.8 Å². The molecule has 0 aliphatic heterocycles. The van der Waals surface area contributed by atoms with Crippen LogP contribution >= 0.6 is 11.6 Å². The summed E-state index contributed by atoms with van der Waals surface area (Å²) in [6.07, 6.45) is 3.23. The first kappa shape index (κ1) is 19.9. The third-order valence-electron chi connectivity index (χ3n) is 4.40. The number of benzene rings is 1. The Bertz CT molecular complexity index is 1150. The van der Waals surface area contributed by atoms with Crippen LogP contribution in [-0.4, -0.2) is 31.3 Å². The molecule has 0 aliphatic carbocycles. The van der Waals surface area contributed by atoms with Gasteiger partial charge in [-0.25, -0.2) is 19.0 Å². The molecule has 0 saturated heterocycles. The van der Waals surface area contributed by atoms with Crippen LogP contribution in [0, 0.1) is 0 Å². The Balaban J connectivity index is 1.67. The van der Waals surface area contributed by atoms with Crippen LogP contribution < -0.4 is 10.5 Å². The minimum absolute atomic E-state index is 0.128. The van der Waals surface area contributed by atoms with Crippen molar-refractivity contribution in [2.24, 2.45) is 12.8 Å². The maximum Gasteiger partial charge on any atom is 0.218 e. The highest BCUT2D eigenvalue weighted by molar-refractivity contribution is 6.30. The first-order chi connectivity index (χ1) is 14.5. The van der Waals surface area contributed by atoms with Gasteiger partial charge in [-0.05, 0) is 24.3 Å². The van der Waals surface area contributed by atoms with Gasteiger partial charge in [0.25, 0.3) is 0 Å². The Morgan fingerprint density at radius 2 is 1.90 bits per heavy atom. The number of alkyl halides is 1. The largest absolute Gasteiger partial charge is 0.438 e. The van der Waals surface area contributed by atoms with Gasteiger partial charge in [-0.15, -0.1) is 0 Å². The van der Waals surface area contributed by atoms with E-state index in [4.69, 9.17) is 22.1 Å². The Morgan fingerprint density at radius 3 is 2.60 bits per heavy atom. The Kier molecular flexibility index (Phi) is 5.69. The molecule has 1 aromatic carbocycles. The number of halogens is 2. The minimum Gasteiger partial charge on any atom is -0.438 e. The smallest absolute Gasteiger partial charge is 0.218 e. The van der Waals surface area contributed by atoms with Gasteiger partial charge in [-0.3, -0.25) is 4.98 Å². The second-order valence-corrected chi connectivity index (χ2v) is 6.93. The summed E-state index contributed by atoms with van der Waals surface area (Å²) in [5.74, 6) is 1.31. The normalized spacial score (nSPS) is 12.0. The summed E-state index contributed by atoms with van der Waals surface area (Å²) < 4.78 is 21.4. The van der Waals surface area contributed by atoms with Crippen molar-refractivity contribution in [3.63, 3.8) is 0 Å². The number of hydrogen-bond donors (Lipinski definition) is 1. The average Bonchev–Trinajstić information content (AvgIpc) is 3.14. The third-order valence-corrected chi connectivity index (χ3v) is 4.64. The summed E-state index contributed by atoms with van der Waals surface area (Å²) >= 11 is 6.18. The standard InChI is InChI=1S/C21H18ClFN6O/c1-29-20(9-18(28-29)17-4-2-3-7-25-17)30-19-8-14(22)5-6-15(19)21-26-11-13(12-27-21)16(23)10-24/h2-9,11-12,16H,10,24H2,1H3/t16-/m1/s1. The number of rotatable bonds is 6. The predicted octanol–water partition coefficient (Wildman–Crippen LogP) is 4.35. The highest BCUT2D eigenvalue weighted by atomic mass is 35.5. The molecule has 9 heteroatoms. The second-order valence-electron chi connectivity index (χ2n) is 6.49. The van der Waals surface area contributed by atoms with E-state index in [1.807, 2.05) is 18.2 Å². The van der Waals surface area contributed by atoms with E-state index in [1.165, 1.54) is 12.4 Å². The van der Waals surface area contributed by atoms with Crippen LogP contribution in [0.15, 0.2) is 61.1 Å². The molecule has 3 aromatic heterocycles. The van der Waals surface area contributed by atoms with Crippen molar-refractivity contribution >= 4 is 11.6 Å². The molecule has 0 radical (unpaired) electrons. The van der Waals surface area contributed by atoms with E-state index in [-0.39, 0.29) is 6.54 Å². The Labute approximate surface area is 177 Å². The topological polar surface area (TPSA) is 91.7 Å². The molecule has 1 atom stereocenters. The van der Waals surface area contributed by atoms with Crippen molar-refractivity contribution in [2.75, 3.05) is 6.54 Å². The van der Waals surface area contributed by atoms with E-state index in [0.717, 1.165) is 5.69 Å². The number of aryl methyl sites for hydroxylation is 1. The molecule has 0 unspecified atom stereocenters. The van der Waals surface area contributed by atoms with Crippen molar-refractivity contribution in [3.05, 3.63) is 71.6 Å². The number of nitrogens with two attached hydrogens (primary N) is 1. The number of hydrogen-bond acceptors (Lipinski definition) is 6. The summed E-state index contributed by atoms with van der Waals surface area (Å²) in [6.45, 7) is -0.128. The summed E-state index contributed by atoms with van der Waals surface area (Å²) in [6, 6.07) is 12.5. The lowest BCUT2D eigenvalue weighted by atomic mass is 10.1. The van der Waals surface area contributed by atoms with Gasteiger partial charge in [0.1, 0.15) is 17.6 Å². The lowest BCUT2D eigenvalue weighted by Crippen LogP contribution is -2.08. The molecule has 0 spiro atoms. The number of aromatic nitrogens is 5. The maximum atomic E-state index is 13.7. The van der Waals surface area contributed by atoms with E-state index in [9.17, 15) is 4.39 Å². The molecular weight excluding hydrogens is 407 g/mol. The fraction of sp³-hybridized carbons (Fsp3) is 0.143. The molecular formula is C21H18ClFN6O. The molecule has 4 rings (SSSR count). The van der Waals surface area contributed by atoms with Crippen LogP contribution in [0.4, 0.5) is 4.39 Å². The van der Waals surface area contributed by atoms with E-state index in [1.54, 1.807) is 42.2 Å². The zero-order valence-corrected chi connectivity index (χ0v) is 16.8. The van der Waals surface area contributed by atoms with Gasteiger partial charge in [-0.1, -0.05) is 17.7 Å². The van der Waals surface area contributed by atoms with E-state index in [2.05, 4.69) is 20.1 Å². The average molecular weight is 425 g/mol. The van der Waals surface area contributed by atoms with Crippen molar-refractivity contribution in [3.8, 4) is 34.4 Å². The van der Waals surface area contributed by atoms with Crippen LogP contribution in [0.5, 0.6) is 11.6 Å². The SMILES string of the molecule is Cn1nc(-c2ccccn2)cc1Oc1cc(Cl)ccc1-c1ncc([C@H](F)CN)cn1. The molecule has 3 heterocycles. The first-order valence-corrected chi connectivity index (χ1v) is 9.52. The van der Waals surface area contributed by atoms with E-state index in [0.29, 0.717) is 39.3 Å². The predicted molar refractivity (Wildman–Crippen MR) is 112 cm³/mol. The summed E-state index contributed by atoms with van der Waals surface area (Å²) in [7, 11) is 1.77. The molecule has 0 saturated carbocycles. The van der Waals surface area contributed by atoms with Gasteiger partial charge in [0.2, 0.25) is 5.88 Å². The van der Waals surface area contributed by atoms with Gasteiger partial charge >= 0.3 is 0 Å². The van der Waals surface area contributed by atoms with Gasteiger partial charge in [0.15, 0.2) is 5.82 Å². The Morgan fingerprint density at radius 1 is 1.10 bits per heavy atom. The molecule has 0 bridgehead atoms. The van der Waals surface area contributed by atoms with Crippen molar-refractivity contribution in [1.29, 1.82) is 0 Å². The van der Waals surface area contributed by atoms with Gasteiger partial charge in [0, 0.05) is 54.9 Å². The van der Waals surface area contributed by atoms with Gasteiger partial charge in [-0.2, -0.15) is 5.10 Å². The number of nitrogens with zero attached hydrogens (tertiary/aromatic N) is 5. The van der Waals surface area contributed by atoms with E-state index >= 15 is 0 Å². The molecule has 4 aromatic rings. The fourth-order valence-electron chi connectivity index (χ4n) is 2.84. The third kappa shape index (κ3) is 4.14. The zero-order chi connectivity index (χ0) is 21.1. The fourth-order valence-corrected chi connectivity index (χ4v) is 3.00. The maximum absolute atomic E-state index is 13.7. The summed E-state index contributed by atoms with van der Waals surface area (Å²) in [5, 5.41) is 4.94. The molecule has 0 aliphatic rings. The first-order valence-electron chi connectivity index (χ1n) is 9.14. The Hall–Kier alpha value is -3.36. The monoisotopic (exact) mass is 424 g/mol. The molecule has 0 amide bonds. The van der Waals surface area contributed by atoms with Crippen molar-refractivity contribution in [2.45, 2.75) is 6.17 Å². The second kappa shape index (κ2) is 8.56. The lowest BCUT2D eigenvalue weighted by Gasteiger charge is -2.11. The van der Waals surface area contributed by atoms with Gasteiger partial charge in [0.05, 0.1) is 11.3 Å². The van der Waals surface area contributed by atoms with Crippen LogP contribution in [0.3, 0.4) is 0 Å². The van der Waals surface area contributed by atoms with Crippen molar-refractivity contribution in [1.82, 2.24) is 24.7 Å². The highest BCUT2D eigenvalue weighted by Gasteiger charge is 2.16. The number of pyridine rings is 1. The molecule has 7 nitrogen and oxygen atoms in total. The minimum atomic E-state index is -1.31. The highest BCUT2D eigenvalue weighted by Crippen LogP contribution is 2.35. The van der Waals surface area contributed by atoms with Crippen LogP contribution in [0.2, 0.25) is 5.02 Å². The summed E-state index contributed by atoms with van der Waals surface area (Å²) in [4.78, 5) is 12.8. The molecule has 152 valence electrons. The van der Waals surface area contributed by atoms with Gasteiger partial charge < -0.3 is 10.5 Å². The molecule has 30 heavy (non-hydrogen) atoms. The molecule has 2 N–H and O–H groups in total. The van der Waals surface area contributed by atoms with Crippen molar-refractivity contribution < 1.29 is 9.13 Å². The number of ether oxygens (including phenoxy) is 1. The quantitative estimate of drug-likeness (QED) is 0.494. The lowest BCUT2D eigenvalue weighted by molar-refractivity contribution is 0.351. The zero-order valence-electron chi connectivity index (χ0n) is 16.0. The van der Waals surface area contributed by atoms with Crippen LogP contribution in [-0.2, 0) is 7.05 Å². The molecule has 0 fully saturated rings. The summed E-state index contributed by atoms with van der Waals surface area (Å²) in [5.41, 5.74) is 7.69. The van der Waals surface area contributed by atoms with E-state index < -0.39 is 6.17 Å². The van der Waals surface area contributed by atoms with Crippen LogP contribution in [0.1, 0.15) is 11.7 Å².